The van der Waals surface area contributed by atoms with E-state index in [9.17, 15) is 0 Å². The molecule has 0 amide bonds. The minimum Gasteiger partial charge on any atom is -0.310 e. The Morgan fingerprint density at radius 2 is 1.90 bits per heavy atom. The second kappa shape index (κ2) is 6.71. The van der Waals surface area contributed by atoms with Crippen LogP contribution in [0.2, 0.25) is 0 Å². The number of benzene rings is 1. The summed E-state index contributed by atoms with van der Waals surface area (Å²) in [6, 6.07) is 6.85. The average molecular weight is 271 g/mol. The van der Waals surface area contributed by atoms with E-state index in [-0.39, 0.29) is 0 Å². The Kier molecular flexibility index (Phi) is 4.96. The van der Waals surface area contributed by atoms with Gasteiger partial charge in [-0.15, -0.1) is 0 Å². The van der Waals surface area contributed by atoms with Gasteiger partial charge in [-0.05, 0) is 43.5 Å². The molecule has 0 aliphatic heterocycles. The van der Waals surface area contributed by atoms with E-state index in [0.717, 1.165) is 19.5 Å². The molecule has 0 aliphatic rings. The van der Waals surface area contributed by atoms with Crippen LogP contribution in [0.5, 0.6) is 0 Å². The molecule has 0 radical (unpaired) electrons. The fraction of sp³-hybridized carbons (Fsp3) is 0.471. The first kappa shape index (κ1) is 14.8. The summed E-state index contributed by atoms with van der Waals surface area (Å²) in [6.45, 7) is 10.5. The average Bonchev–Trinajstić information content (AvgIpc) is 2.89. The van der Waals surface area contributed by atoms with Crippen LogP contribution in [-0.4, -0.2) is 16.3 Å². The summed E-state index contributed by atoms with van der Waals surface area (Å²) in [5, 5.41) is 8.02. The van der Waals surface area contributed by atoms with Crippen LogP contribution in [0.1, 0.15) is 48.6 Å². The number of nitrogens with zero attached hydrogens (tertiary/aromatic N) is 2. The molecule has 1 atom stereocenters. The van der Waals surface area contributed by atoms with Crippen molar-refractivity contribution in [2.75, 3.05) is 6.54 Å². The van der Waals surface area contributed by atoms with Crippen molar-refractivity contribution in [3.63, 3.8) is 0 Å². The van der Waals surface area contributed by atoms with Gasteiger partial charge >= 0.3 is 0 Å². The van der Waals surface area contributed by atoms with E-state index < -0.39 is 0 Å². The third kappa shape index (κ3) is 3.28. The van der Waals surface area contributed by atoms with Gasteiger partial charge in [0.15, 0.2) is 0 Å². The number of rotatable bonds is 6. The van der Waals surface area contributed by atoms with Crippen LogP contribution in [0, 0.1) is 13.8 Å². The summed E-state index contributed by atoms with van der Waals surface area (Å²) in [5.74, 6) is 0. The zero-order chi connectivity index (χ0) is 14.5. The van der Waals surface area contributed by atoms with Crippen molar-refractivity contribution in [1.82, 2.24) is 15.1 Å². The molecule has 2 aromatic rings. The van der Waals surface area contributed by atoms with Crippen molar-refractivity contribution in [1.29, 1.82) is 0 Å². The molecule has 1 unspecified atom stereocenters. The van der Waals surface area contributed by atoms with Crippen LogP contribution in [-0.2, 0) is 6.54 Å². The normalized spacial score (nSPS) is 12.6. The van der Waals surface area contributed by atoms with E-state index in [0.29, 0.717) is 6.04 Å². The van der Waals surface area contributed by atoms with E-state index in [2.05, 4.69) is 62.5 Å². The minimum absolute atomic E-state index is 0.409. The zero-order valence-electron chi connectivity index (χ0n) is 13.0. The van der Waals surface area contributed by atoms with Crippen molar-refractivity contribution < 1.29 is 0 Å². The zero-order valence-corrected chi connectivity index (χ0v) is 13.0. The van der Waals surface area contributed by atoms with Crippen LogP contribution < -0.4 is 5.32 Å². The number of hydrogen-bond donors (Lipinski definition) is 1. The standard InChI is InChI=1S/C17H25N3/c1-5-17(18-6-2)15-10-19-20(11-15)12-16-13(3)8-7-9-14(16)4/h7-11,17-18H,5-6,12H2,1-4H3. The Hall–Kier alpha value is -1.61. The van der Waals surface area contributed by atoms with E-state index in [1.807, 2.05) is 10.9 Å². The molecule has 0 spiro atoms. The monoisotopic (exact) mass is 271 g/mol. The molecule has 0 aliphatic carbocycles. The summed E-state index contributed by atoms with van der Waals surface area (Å²) >= 11 is 0. The molecule has 1 aromatic heterocycles. The maximum Gasteiger partial charge on any atom is 0.0664 e. The van der Waals surface area contributed by atoms with Crippen LogP contribution in [0.15, 0.2) is 30.6 Å². The van der Waals surface area contributed by atoms with E-state index in [1.165, 1.54) is 22.3 Å². The molecule has 0 fully saturated rings. The summed E-state index contributed by atoms with van der Waals surface area (Å²) in [5.41, 5.74) is 5.32. The van der Waals surface area contributed by atoms with Crippen molar-refractivity contribution in [2.24, 2.45) is 0 Å². The van der Waals surface area contributed by atoms with E-state index >= 15 is 0 Å². The summed E-state index contributed by atoms with van der Waals surface area (Å²) in [7, 11) is 0. The lowest BCUT2D eigenvalue weighted by atomic mass is 10.0. The highest BCUT2D eigenvalue weighted by molar-refractivity contribution is 5.33. The van der Waals surface area contributed by atoms with Gasteiger partial charge in [0.1, 0.15) is 0 Å². The van der Waals surface area contributed by atoms with Gasteiger partial charge in [-0.3, -0.25) is 4.68 Å². The summed E-state index contributed by atoms with van der Waals surface area (Å²) in [6.07, 6.45) is 5.25. The van der Waals surface area contributed by atoms with Crippen LogP contribution in [0.3, 0.4) is 0 Å². The van der Waals surface area contributed by atoms with Gasteiger partial charge in [0.2, 0.25) is 0 Å². The predicted octanol–water partition coefficient (Wildman–Crippen LogP) is 3.61. The number of aryl methyl sites for hydroxylation is 2. The van der Waals surface area contributed by atoms with Crippen LogP contribution >= 0.6 is 0 Å². The fourth-order valence-corrected chi connectivity index (χ4v) is 2.65. The summed E-state index contributed by atoms with van der Waals surface area (Å²) < 4.78 is 2.05. The highest BCUT2D eigenvalue weighted by Crippen LogP contribution is 2.18. The van der Waals surface area contributed by atoms with Crippen molar-refractivity contribution >= 4 is 0 Å². The number of nitrogens with one attached hydrogen (secondary N) is 1. The van der Waals surface area contributed by atoms with E-state index in [1.54, 1.807) is 0 Å². The second-order valence-electron chi connectivity index (χ2n) is 5.36. The lowest BCUT2D eigenvalue weighted by Crippen LogP contribution is -2.19. The summed E-state index contributed by atoms with van der Waals surface area (Å²) in [4.78, 5) is 0. The third-order valence-corrected chi connectivity index (χ3v) is 3.88. The molecule has 20 heavy (non-hydrogen) atoms. The predicted molar refractivity (Wildman–Crippen MR) is 84.0 cm³/mol. The van der Waals surface area contributed by atoms with Crippen molar-refractivity contribution in [3.8, 4) is 0 Å². The van der Waals surface area contributed by atoms with Gasteiger partial charge in [0.05, 0.1) is 12.7 Å². The Morgan fingerprint density at radius 3 is 2.50 bits per heavy atom. The molecular weight excluding hydrogens is 246 g/mol. The van der Waals surface area contributed by atoms with Gasteiger partial charge in [0, 0.05) is 17.8 Å². The topological polar surface area (TPSA) is 29.9 Å². The molecular formula is C17H25N3. The first-order valence-electron chi connectivity index (χ1n) is 7.46. The van der Waals surface area contributed by atoms with E-state index in [4.69, 9.17) is 0 Å². The molecule has 108 valence electrons. The second-order valence-corrected chi connectivity index (χ2v) is 5.36. The molecule has 0 saturated carbocycles. The lowest BCUT2D eigenvalue weighted by Gasteiger charge is -2.13. The Balaban J connectivity index is 2.17. The maximum atomic E-state index is 4.52. The maximum absolute atomic E-state index is 4.52. The molecule has 1 aromatic carbocycles. The van der Waals surface area contributed by atoms with Crippen molar-refractivity contribution in [2.45, 2.75) is 46.7 Å². The molecule has 2 rings (SSSR count). The molecule has 3 heteroatoms. The molecule has 0 bridgehead atoms. The van der Waals surface area contributed by atoms with Gasteiger partial charge in [-0.2, -0.15) is 5.10 Å². The smallest absolute Gasteiger partial charge is 0.0664 e. The molecule has 3 nitrogen and oxygen atoms in total. The highest BCUT2D eigenvalue weighted by atomic mass is 15.3. The third-order valence-electron chi connectivity index (χ3n) is 3.88. The Morgan fingerprint density at radius 1 is 1.20 bits per heavy atom. The highest BCUT2D eigenvalue weighted by Gasteiger charge is 2.11. The van der Waals surface area contributed by atoms with Crippen molar-refractivity contribution in [3.05, 3.63) is 52.8 Å². The Labute approximate surface area is 122 Å². The molecule has 0 saturated heterocycles. The number of aromatic nitrogens is 2. The first-order chi connectivity index (χ1) is 9.65. The van der Waals surface area contributed by atoms with Gasteiger partial charge in [-0.1, -0.05) is 32.0 Å². The SMILES string of the molecule is CCNC(CC)c1cnn(Cc2c(C)cccc2C)c1. The lowest BCUT2D eigenvalue weighted by molar-refractivity contribution is 0.536. The number of hydrogen-bond acceptors (Lipinski definition) is 2. The minimum atomic E-state index is 0.409. The Bertz CT molecular complexity index is 537. The van der Waals surface area contributed by atoms with Gasteiger partial charge < -0.3 is 5.32 Å². The van der Waals surface area contributed by atoms with Crippen LogP contribution in [0.25, 0.3) is 0 Å². The van der Waals surface area contributed by atoms with Crippen LogP contribution in [0.4, 0.5) is 0 Å². The quantitative estimate of drug-likeness (QED) is 0.870. The van der Waals surface area contributed by atoms with Gasteiger partial charge in [0.25, 0.3) is 0 Å². The first-order valence-corrected chi connectivity index (χ1v) is 7.46. The fourth-order valence-electron chi connectivity index (χ4n) is 2.65. The molecule has 1 heterocycles. The van der Waals surface area contributed by atoms with Gasteiger partial charge in [-0.25, -0.2) is 0 Å². The largest absolute Gasteiger partial charge is 0.310 e. The molecule has 1 N–H and O–H groups in total.